The molecule has 0 radical (unpaired) electrons. The third-order valence-corrected chi connectivity index (χ3v) is 8.49. The zero-order chi connectivity index (χ0) is 26.6. The Morgan fingerprint density at radius 3 is 2.84 bits per heavy atom. The number of halogens is 3. The maximum atomic E-state index is 14.9. The highest BCUT2D eigenvalue weighted by Crippen LogP contribution is 2.38. The third kappa shape index (κ3) is 4.88. The number of carbonyl (C=O) groups excluding carboxylic acids is 1. The summed E-state index contributed by atoms with van der Waals surface area (Å²) >= 11 is 12.6. The molecule has 2 aromatic carbocycles. The predicted octanol–water partition coefficient (Wildman–Crippen LogP) is 3.86. The molecular formula is C27H29Cl2FN6O2. The van der Waals surface area contributed by atoms with Gasteiger partial charge in [0.2, 0.25) is 5.91 Å². The minimum Gasteiger partial charge on any atom is -0.374 e. The first-order valence-electron chi connectivity index (χ1n) is 12.9. The van der Waals surface area contributed by atoms with Crippen LogP contribution in [0.25, 0.3) is 10.9 Å². The van der Waals surface area contributed by atoms with Crippen molar-refractivity contribution in [3.05, 3.63) is 67.4 Å². The lowest BCUT2D eigenvalue weighted by molar-refractivity contribution is -0.131. The van der Waals surface area contributed by atoms with E-state index in [0.717, 1.165) is 30.8 Å². The summed E-state index contributed by atoms with van der Waals surface area (Å²) in [7, 11) is 0. The zero-order valence-corrected chi connectivity index (χ0v) is 22.6. The van der Waals surface area contributed by atoms with Crippen molar-refractivity contribution >= 4 is 45.7 Å². The maximum Gasteiger partial charge on any atom is 0.258 e. The Morgan fingerprint density at radius 2 is 2.05 bits per heavy atom. The summed E-state index contributed by atoms with van der Waals surface area (Å²) < 4.78 is 14.9. The van der Waals surface area contributed by atoms with Crippen LogP contribution in [0.5, 0.6) is 0 Å². The lowest BCUT2D eigenvalue weighted by Crippen LogP contribution is -2.52. The van der Waals surface area contributed by atoms with Gasteiger partial charge in [-0.3, -0.25) is 14.5 Å². The smallest absolute Gasteiger partial charge is 0.258 e. The number of hydrogen-bond acceptors (Lipinski definition) is 6. The van der Waals surface area contributed by atoms with E-state index >= 15 is 0 Å². The Morgan fingerprint density at radius 1 is 1.24 bits per heavy atom. The Labute approximate surface area is 229 Å². The summed E-state index contributed by atoms with van der Waals surface area (Å²) in [5.41, 5.74) is 2.28. The van der Waals surface area contributed by atoms with Crippen LogP contribution in [0.1, 0.15) is 42.8 Å². The number of H-pyrrole nitrogens is 1. The van der Waals surface area contributed by atoms with E-state index in [9.17, 15) is 14.0 Å². The number of rotatable bonds is 5. The van der Waals surface area contributed by atoms with Gasteiger partial charge in [-0.2, -0.15) is 0 Å². The lowest BCUT2D eigenvalue weighted by Gasteiger charge is -2.36. The molecule has 6 rings (SSSR count). The molecule has 3 heterocycles. The van der Waals surface area contributed by atoms with Crippen LogP contribution in [0.2, 0.25) is 10.0 Å². The average Bonchev–Trinajstić information content (AvgIpc) is 3.60. The van der Waals surface area contributed by atoms with E-state index in [1.165, 1.54) is 25.0 Å². The number of benzene rings is 2. The molecule has 1 unspecified atom stereocenters. The van der Waals surface area contributed by atoms with Crippen molar-refractivity contribution in [3.8, 4) is 0 Å². The molecule has 38 heavy (non-hydrogen) atoms. The highest BCUT2D eigenvalue weighted by atomic mass is 35.5. The van der Waals surface area contributed by atoms with Gasteiger partial charge in [0.05, 0.1) is 35.7 Å². The number of piperazine rings is 1. The van der Waals surface area contributed by atoms with Crippen molar-refractivity contribution in [3.63, 3.8) is 0 Å². The maximum absolute atomic E-state index is 14.9. The van der Waals surface area contributed by atoms with E-state index in [1.807, 2.05) is 13.0 Å². The first-order chi connectivity index (χ1) is 18.2. The first-order valence-corrected chi connectivity index (χ1v) is 13.7. The Kier molecular flexibility index (Phi) is 6.58. The van der Waals surface area contributed by atoms with Gasteiger partial charge in [0.15, 0.2) is 0 Å². The summed E-state index contributed by atoms with van der Waals surface area (Å²) in [6.45, 7) is 5.56. The molecule has 1 aromatic heterocycles. The molecule has 8 nitrogen and oxygen atoms in total. The number of fused-ring (bicyclic) bond motifs is 2. The van der Waals surface area contributed by atoms with Gasteiger partial charge >= 0.3 is 0 Å². The average molecular weight is 559 g/mol. The second-order valence-electron chi connectivity index (χ2n) is 10.6. The molecule has 200 valence electrons. The standard InChI is InChI=1S/C27H29Cl2FN6O2/c1-15-25-16(8-17(28)9-19(25)29)2-6-36(15)24(37)12-31-22-11-21-18(10-20(22)30)26(38)34-23(33-21)13-35-7-5-32-27(14-35)3-4-27/h8-11,15,31-32H,2-7,12-14H2,1H3,(H,33,34,38). The summed E-state index contributed by atoms with van der Waals surface area (Å²) in [5, 5.41) is 7.78. The summed E-state index contributed by atoms with van der Waals surface area (Å²) in [4.78, 5) is 37.3. The monoisotopic (exact) mass is 558 g/mol. The van der Waals surface area contributed by atoms with Gasteiger partial charge < -0.3 is 20.5 Å². The fourth-order valence-electron chi connectivity index (χ4n) is 5.81. The SMILES string of the molecule is CC1c2c(Cl)cc(Cl)cc2CCN1C(=O)CNc1cc2nc(CN3CCNC4(CC4)C3)[nH]c(=O)c2cc1F. The van der Waals surface area contributed by atoms with E-state index in [1.54, 1.807) is 11.0 Å². The van der Waals surface area contributed by atoms with E-state index in [0.29, 0.717) is 40.9 Å². The number of anilines is 1. The van der Waals surface area contributed by atoms with E-state index < -0.39 is 5.82 Å². The van der Waals surface area contributed by atoms with Gasteiger partial charge in [0.25, 0.3) is 5.56 Å². The number of nitrogens with zero attached hydrogens (tertiary/aromatic N) is 3. The molecule has 11 heteroatoms. The molecule has 3 aromatic rings. The Hall–Kier alpha value is -2.72. The third-order valence-electron chi connectivity index (χ3n) is 7.96. The minimum atomic E-state index is -0.613. The van der Waals surface area contributed by atoms with Crippen LogP contribution in [0, 0.1) is 5.82 Å². The van der Waals surface area contributed by atoms with Gasteiger partial charge in [-0.15, -0.1) is 0 Å². The number of nitrogens with one attached hydrogen (secondary N) is 3. The molecular weight excluding hydrogens is 530 g/mol. The molecule has 1 spiro atoms. The van der Waals surface area contributed by atoms with Crippen molar-refractivity contribution in [1.82, 2.24) is 25.1 Å². The molecule has 0 bridgehead atoms. The van der Waals surface area contributed by atoms with Gasteiger partial charge in [-0.1, -0.05) is 23.2 Å². The van der Waals surface area contributed by atoms with E-state index in [2.05, 4.69) is 25.5 Å². The van der Waals surface area contributed by atoms with Crippen LogP contribution < -0.4 is 16.2 Å². The molecule has 1 saturated heterocycles. The Balaban J connectivity index is 1.17. The van der Waals surface area contributed by atoms with Crippen molar-refractivity contribution in [1.29, 1.82) is 0 Å². The van der Waals surface area contributed by atoms with Crippen LogP contribution >= 0.6 is 23.2 Å². The summed E-state index contributed by atoms with van der Waals surface area (Å²) in [6.07, 6.45) is 2.98. The van der Waals surface area contributed by atoms with Crippen molar-refractivity contribution in [2.24, 2.45) is 0 Å². The van der Waals surface area contributed by atoms with Crippen LogP contribution in [0.4, 0.5) is 10.1 Å². The lowest BCUT2D eigenvalue weighted by atomic mass is 9.93. The highest BCUT2D eigenvalue weighted by molar-refractivity contribution is 6.35. The first kappa shape index (κ1) is 25.6. The molecule has 1 amide bonds. The fourth-order valence-corrected chi connectivity index (χ4v) is 6.50. The molecule has 1 atom stereocenters. The van der Waals surface area contributed by atoms with Gasteiger partial charge in [0.1, 0.15) is 11.6 Å². The number of aromatic amines is 1. The fraction of sp³-hybridized carbons (Fsp3) is 0.444. The zero-order valence-electron chi connectivity index (χ0n) is 21.0. The van der Waals surface area contributed by atoms with Gasteiger partial charge in [-0.05, 0) is 61.6 Å². The van der Waals surface area contributed by atoms with E-state index in [4.69, 9.17) is 23.2 Å². The van der Waals surface area contributed by atoms with Crippen LogP contribution in [0.3, 0.4) is 0 Å². The van der Waals surface area contributed by atoms with Crippen molar-refractivity contribution < 1.29 is 9.18 Å². The number of carbonyl (C=O) groups is 1. The highest BCUT2D eigenvalue weighted by Gasteiger charge is 2.45. The topological polar surface area (TPSA) is 93.4 Å². The quantitative estimate of drug-likeness (QED) is 0.440. The molecule has 3 N–H and O–H groups in total. The van der Waals surface area contributed by atoms with Crippen molar-refractivity contribution in [2.45, 2.75) is 44.3 Å². The number of hydrogen-bond donors (Lipinski definition) is 3. The van der Waals surface area contributed by atoms with Gasteiger partial charge in [-0.25, -0.2) is 9.37 Å². The predicted molar refractivity (Wildman–Crippen MR) is 146 cm³/mol. The molecule has 2 aliphatic heterocycles. The summed E-state index contributed by atoms with van der Waals surface area (Å²) in [5.74, 6) is -0.245. The molecule has 2 fully saturated rings. The number of aromatic nitrogens is 2. The molecule has 1 saturated carbocycles. The normalized spacial score (nSPS) is 20.5. The largest absolute Gasteiger partial charge is 0.374 e. The second kappa shape index (κ2) is 9.79. The van der Waals surface area contributed by atoms with Crippen LogP contribution in [-0.2, 0) is 17.8 Å². The number of amides is 1. The molecule has 1 aliphatic carbocycles. The summed E-state index contributed by atoms with van der Waals surface area (Å²) in [6, 6.07) is 6.01. The van der Waals surface area contributed by atoms with Crippen LogP contribution in [0.15, 0.2) is 29.1 Å². The second-order valence-corrected chi connectivity index (χ2v) is 11.5. The van der Waals surface area contributed by atoms with Crippen molar-refractivity contribution in [2.75, 3.05) is 38.0 Å². The van der Waals surface area contributed by atoms with Crippen LogP contribution in [-0.4, -0.2) is 63.9 Å². The Bertz CT molecular complexity index is 1490. The van der Waals surface area contributed by atoms with Gasteiger partial charge in [0, 0.05) is 41.8 Å². The molecule has 3 aliphatic rings. The van der Waals surface area contributed by atoms with E-state index in [-0.39, 0.29) is 40.7 Å². The minimum absolute atomic E-state index is 0.105.